The number of methoxy groups -OCH3 is 1. The highest BCUT2D eigenvalue weighted by atomic mass is 32.1. The van der Waals surface area contributed by atoms with Gasteiger partial charge in [0.25, 0.3) is 0 Å². The first-order chi connectivity index (χ1) is 13.5. The van der Waals surface area contributed by atoms with E-state index in [1.165, 1.54) is 0 Å². The number of hydrogen-bond donors (Lipinski definition) is 3. The number of nitrogens with zero attached hydrogens (tertiary/aromatic N) is 1. The Kier molecular flexibility index (Phi) is 4.80. The Balaban J connectivity index is 1.94. The Bertz CT molecular complexity index is 1040. The summed E-state index contributed by atoms with van der Waals surface area (Å²) >= 11 is 5.19. The van der Waals surface area contributed by atoms with Gasteiger partial charge in [-0.3, -0.25) is 4.79 Å². The van der Waals surface area contributed by atoms with Gasteiger partial charge in [-0.25, -0.2) is 4.98 Å². The zero-order valence-corrected chi connectivity index (χ0v) is 16.6. The molecule has 2 aromatic rings. The van der Waals surface area contributed by atoms with E-state index in [-0.39, 0.29) is 11.7 Å². The largest absolute Gasteiger partial charge is 0.493 e. The summed E-state index contributed by atoms with van der Waals surface area (Å²) in [5.41, 5.74) is 9.55. The van der Waals surface area contributed by atoms with Gasteiger partial charge < -0.3 is 25.5 Å². The van der Waals surface area contributed by atoms with Gasteiger partial charge in [-0.05, 0) is 49.7 Å². The third-order valence-electron chi connectivity index (χ3n) is 5.12. The SMILES string of the molecule is CCOc1ccc(C2C3=C(CCCC3=O)Nc3nc(=S)[nH]c(N)c32)cc1OC. The summed E-state index contributed by atoms with van der Waals surface area (Å²) in [4.78, 5) is 20.2. The first-order valence-corrected chi connectivity index (χ1v) is 9.68. The van der Waals surface area contributed by atoms with E-state index in [0.29, 0.717) is 40.9 Å². The minimum Gasteiger partial charge on any atom is -0.493 e. The van der Waals surface area contributed by atoms with Crippen LogP contribution in [-0.4, -0.2) is 29.5 Å². The highest BCUT2D eigenvalue weighted by Crippen LogP contribution is 2.47. The highest BCUT2D eigenvalue weighted by molar-refractivity contribution is 7.71. The van der Waals surface area contributed by atoms with Crippen molar-refractivity contribution < 1.29 is 14.3 Å². The van der Waals surface area contributed by atoms with Crippen LogP contribution in [0.5, 0.6) is 11.5 Å². The molecule has 0 radical (unpaired) electrons. The van der Waals surface area contributed by atoms with Gasteiger partial charge in [0.15, 0.2) is 22.1 Å². The van der Waals surface area contributed by atoms with E-state index in [0.717, 1.165) is 35.2 Å². The summed E-state index contributed by atoms with van der Waals surface area (Å²) in [5.74, 6) is 2.06. The van der Waals surface area contributed by atoms with E-state index >= 15 is 0 Å². The number of allylic oxidation sites excluding steroid dienone is 2. The number of rotatable bonds is 4. The molecule has 0 saturated carbocycles. The van der Waals surface area contributed by atoms with Crippen LogP contribution >= 0.6 is 12.2 Å². The Hall–Kier alpha value is -2.87. The number of nitrogen functional groups attached to an aromatic ring is 1. The summed E-state index contributed by atoms with van der Waals surface area (Å²) in [6.07, 6.45) is 2.13. The van der Waals surface area contributed by atoms with Crippen LogP contribution in [0.4, 0.5) is 11.6 Å². The van der Waals surface area contributed by atoms with Gasteiger partial charge in [-0.15, -0.1) is 0 Å². The van der Waals surface area contributed by atoms with Crippen LogP contribution in [0.1, 0.15) is 43.2 Å². The van der Waals surface area contributed by atoms with Crippen molar-refractivity contribution in [2.45, 2.75) is 32.1 Å². The van der Waals surface area contributed by atoms with Gasteiger partial charge in [0.05, 0.1) is 13.7 Å². The number of nitrogens with two attached hydrogens (primary N) is 1. The average molecular weight is 398 g/mol. The predicted molar refractivity (Wildman–Crippen MR) is 109 cm³/mol. The maximum absolute atomic E-state index is 12.9. The van der Waals surface area contributed by atoms with Crippen molar-refractivity contribution in [2.24, 2.45) is 0 Å². The Labute approximate surface area is 168 Å². The number of benzene rings is 1. The first-order valence-electron chi connectivity index (χ1n) is 9.27. The van der Waals surface area contributed by atoms with Crippen LogP contribution in [0.3, 0.4) is 0 Å². The number of fused-ring (bicyclic) bond motifs is 1. The minimum absolute atomic E-state index is 0.124. The predicted octanol–water partition coefficient (Wildman–Crippen LogP) is 3.69. The standard InChI is InChI=1S/C20H22N4O3S/c1-3-27-13-8-7-10(9-14(13)26-2)15-16-11(5-4-6-12(16)25)22-19-17(15)18(21)23-20(28)24-19/h7-9,15H,3-6H2,1-2H3,(H4,21,22,23,24,28). The van der Waals surface area contributed by atoms with Crippen LogP contribution in [-0.2, 0) is 4.79 Å². The molecule has 0 bridgehead atoms. The first kappa shape index (κ1) is 18.5. The molecule has 7 nitrogen and oxygen atoms in total. The van der Waals surface area contributed by atoms with Gasteiger partial charge in [-0.2, -0.15) is 0 Å². The molecule has 0 fully saturated rings. The molecule has 4 rings (SSSR count). The van der Waals surface area contributed by atoms with Crippen molar-refractivity contribution in [3.05, 3.63) is 45.4 Å². The monoisotopic (exact) mass is 398 g/mol. The number of aromatic nitrogens is 2. The van der Waals surface area contributed by atoms with Gasteiger partial charge in [0.1, 0.15) is 11.6 Å². The number of carbonyl (C=O) groups excluding carboxylic acids is 1. The molecule has 0 spiro atoms. The van der Waals surface area contributed by atoms with Gasteiger partial charge >= 0.3 is 0 Å². The zero-order chi connectivity index (χ0) is 19.8. The van der Waals surface area contributed by atoms with E-state index in [2.05, 4.69) is 15.3 Å². The molecule has 4 N–H and O–H groups in total. The summed E-state index contributed by atoms with van der Waals surface area (Å²) < 4.78 is 11.5. The lowest BCUT2D eigenvalue weighted by molar-refractivity contribution is -0.116. The number of anilines is 2. The minimum atomic E-state index is -0.344. The van der Waals surface area contributed by atoms with Crippen LogP contribution < -0.4 is 20.5 Å². The number of H-pyrrole nitrogens is 1. The molecule has 1 unspecified atom stereocenters. The fraction of sp³-hybridized carbons (Fsp3) is 0.350. The molecule has 1 aromatic heterocycles. The number of Topliss-reactive ketones (excluding diaryl/α,β-unsaturated/α-hetero) is 1. The molecular formula is C20H22N4O3S. The van der Waals surface area contributed by atoms with Crippen LogP contribution in [0.25, 0.3) is 0 Å². The molecule has 2 heterocycles. The topological polar surface area (TPSA) is 102 Å². The van der Waals surface area contributed by atoms with Crippen molar-refractivity contribution in [3.8, 4) is 11.5 Å². The normalized spacial score (nSPS) is 18.2. The van der Waals surface area contributed by atoms with Crippen molar-refractivity contribution in [3.63, 3.8) is 0 Å². The molecule has 1 aromatic carbocycles. The molecular weight excluding hydrogens is 376 g/mol. The number of hydrogen-bond acceptors (Lipinski definition) is 7. The van der Waals surface area contributed by atoms with Gasteiger partial charge in [0.2, 0.25) is 0 Å². The van der Waals surface area contributed by atoms with Crippen molar-refractivity contribution in [2.75, 3.05) is 24.8 Å². The van der Waals surface area contributed by atoms with Gasteiger partial charge in [-0.1, -0.05) is 6.07 Å². The lowest BCUT2D eigenvalue weighted by Gasteiger charge is -2.34. The van der Waals surface area contributed by atoms with E-state index < -0.39 is 0 Å². The molecule has 0 amide bonds. The number of ether oxygens (including phenoxy) is 2. The van der Waals surface area contributed by atoms with Crippen molar-refractivity contribution in [1.82, 2.24) is 9.97 Å². The number of aromatic amines is 1. The zero-order valence-electron chi connectivity index (χ0n) is 15.8. The maximum atomic E-state index is 12.9. The lowest BCUT2D eigenvalue weighted by atomic mass is 9.76. The second kappa shape index (κ2) is 7.27. The fourth-order valence-electron chi connectivity index (χ4n) is 3.97. The second-order valence-electron chi connectivity index (χ2n) is 6.79. The van der Waals surface area contributed by atoms with E-state index in [9.17, 15) is 4.79 Å². The summed E-state index contributed by atoms with van der Waals surface area (Å²) in [7, 11) is 1.60. The average Bonchev–Trinajstić information content (AvgIpc) is 2.67. The Morgan fingerprint density at radius 3 is 2.89 bits per heavy atom. The molecule has 28 heavy (non-hydrogen) atoms. The third kappa shape index (κ3) is 3.03. The smallest absolute Gasteiger partial charge is 0.200 e. The van der Waals surface area contributed by atoms with Crippen LogP contribution in [0.15, 0.2) is 29.5 Å². The highest BCUT2D eigenvalue weighted by Gasteiger charge is 2.37. The molecule has 1 aliphatic heterocycles. The van der Waals surface area contributed by atoms with Crippen molar-refractivity contribution in [1.29, 1.82) is 0 Å². The quantitative estimate of drug-likeness (QED) is 0.675. The third-order valence-corrected chi connectivity index (χ3v) is 5.32. The number of carbonyl (C=O) groups is 1. The summed E-state index contributed by atoms with van der Waals surface area (Å²) in [5, 5.41) is 3.30. The molecule has 2 aliphatic rings. The van der Waals surface area contributed by atoms with Gasteiger partial charge in [0, 0.05) is 29.2 Å². The Morgan fingerprint density at radius 1 is 1.32 bits per heavy atom. The second-order valence-corrected chi connectivity index (χ2v) is 7.17. The molecule has 1 aliphatic carbocycles. The van der Waals surface area contributed by atoms with E-state index in [4.69, 9.17) is 27.4 Å². The number of nitrogens with one attached hydrogen (secondary N) is 2. The molecule has 8 heteroatoms. The molecule has 0 saturated heterocycles. The summed E-state index contributed by atoms with van der Waals surface area (Å²) in [6, 6.07) is 5.71. The molecule has 1 atom stereocenters. The fourth-order valence-corrected chi connectivity index (χ4v) is 4.18. The van der Waals surface area contributed by atoms with Crippen molar-refractivity contribution >= 4 is 29.6 Å². The number of ketones is 1. The van der Waals surface area contributed by atoms with Crippen LogP contribution in [0, 0.1) is 4.77 Å². The molecule has 146 valence electrons. The van der Waals surface area contributed by atoms with Crippen LogP contribution in [0.2, 0.25) is 0 Å². The maximum Gasteiger partial charge on any atom is 0.200 e. The van der Waals surface area contributed by atoms with E-state index in [1.807, 2.05) is 25.1 Å². The Morgan fingerprint density at radius 2 is 2.14 bits per heavy atom. The van der Waals surface area contributed by atoms with E-state index in [1.54, 1.807) is 7.11 Å². The summed E-state index contributed by atoms with van der Waals surface area (Å²) in [6.45, 7) is 2.45. The lowest BCUT2D eigenvalue weighted by Crippen LogP contribution is -2.28.